The summed E-state index contributed by atoms with van der Waals surface area (Å²) in [5.74, 6) is 4.79. The van der Waals surface area contributed by atoms with Crippen LogP contribution in [0.15, 0.2) is 99.7 Å². The molecule has 37 heavy (non-hydrogen) atoms. The Balaban J connectivity index is 1.79. The van der Waals surface area contributed by atoms with Gasteiger partial charge in [-0.3, -0.25) is 9.79 Å². The van der Waals surface area contributed by atoms with Gasteiger partial charge >= 0.3 is 0 Å². The Hall–Kier alpha value is -4.37. The molecule has 0 spiro atoms. The normalized spacial score (nSPS) is 15.3. The Kier molecular flexibility index (Phi) is 9.62. The van der Waals surface area contributed by atoms with E-state index in [-0.39, 0.29) is 17.2 Å². The number of nitrogens with zero attached hydrogens (tertiary/aromatic N) is 2. The minimum absolute atomic E-state index is 0.0370. The van der Waals surface area contributed by atoms with Crippen molar-refractivity contribution in [2.24, 2.45) is 15.7 Å². The zero-order chi connectivity index (χ0) is 26.8. The highest BCUT2D eigenvalue weighted by Crippen LogP contribution is 2.29. The molecule has 0 saturated carbocycles. The third-order valence-corrected chi connectivity index (χ3v) is 5.83. The Morgan fingerprint density at radius 3 is 2.73 bits per heavy atom. The molecule has 0 fully saturated rings. The van der Waals surface area contributed by atoms with E-state index in [9.17, 15) is 13.6 Å². The van der Waals surface area contributed by atoms with Gasteiger partial charge in [0.05, 0.1) is 23.4 Å². The molecular formula is C31H29F2N3O. The standard InChI is InChI=1S/C31H29F2N3O/c1-4-30(37)26-15-8-7-14-25(21(26)3)29(35-5-2)16-9-6-11-22-12-10-13-24(19-22)36-31(34)27-18-17-23(32)20-28(27)33/h4-5,8,10,12-13,15,17-20H,1,7,11,14,16H2,2-3H3,(H2,34,36)/b29-25-,35-5?. The van der Waals surface area contributed by atoms with Crippen LogP contribution in [-0.4, -0.2) is 17.8 Å². The van der Waals surface area contributed by atoms with Gasteiger partial charge < -0.3 is 5.73 Å². The lowest BCUT2D eigenvalue weighted by molar-refractivity contribution is -0.111. The summed E-state index contributed by atoms with van der Waals surface area (Å²) in [4.78, 5) is 21.2. The van der Waals surface area contributed by atoms with Gasteiger partial charge in [0, 0.05) is 24.3 Å². The topological polar surface area (TPSA) is 67.8 Å². The highest BCUT2D eigenvalue weighted by atomic mass is 19.1. The Labute approximate surface area is 216 Å². The summed E-state index contributed by atoms with van der Waals surface area (Å²) < 4.78 is 27.2. The zero-order valence-corrected chi connectivity index (χ0v) is 21.0. The van der Waals surface area contributed by atoms with Crippen LogP contribution >= 0.6 is 0 Å². The number of benzene rings is 2. The molecule has 3 rings (SSSR count). The SMILES string of the molecule is C=CC(=O)C1=C(C)/C(=C(/CC#CCc2cccc(N=C(N)c3ccc(F)cc3F)c2)N=CC)CCC=C1. The fraction of sp³-hybridized carbons (Fsp3) is 0.194. The summed E-state index contributed by atoms with van der Waals surface area (Å²) in [5, 5.41) is 0. The molecule has 188 valence electrons. The molecule has 0 unspecified atom stereocenters. The Morgan fingerprint density at radius 2 is 2.00 bits per heavy atom. The number of allylic oxidation sites excluding steroid dienone is 7. The van der Waals surface area contributed by atoms with Gasteiger partial charge in [0.15, 0.2) is 5.78 Å². The van der Waals surface area contributed by atoms with E-state index in [1.165, 1.54) is 12.1 Å². The van der Waals surface area contributed by atoms with E-state index in [1.54, 1.807) is 12.3 Å². The monoisotopic (exact) mass is 497 g/mol. The lowest BCUT2D eigenvalue weighted by atomic mass is 9.95. The van der Waals surface area contributed by atoms with Crippen LogP contribution in [0.4, 0.5) is 14.5 Å². The maximum atomic E-state index is 14.0. The molecule has 0 radical (unpaired) electrons. The van der Waals surface area contributed by atoms with Gasteiger partial charge in [-0.2, -0.15) is 0 Å². The first kappa shape index (κ1) is 27.2. The molecule has 0 heterocycles. The second-order valence-corrected chi connectivity index (χ2v) is 8.36. The number of rotatable bonds is 7. The minimum Gasteiger partial charge on any atom is -0.383 e. The lowest BCUT2D eigenvalue weighted by Gasteiger charge is -2.12. The van der Waals surface area contributed by atoms with Crippen LogP contribution < -0.4 is 5.73 Å². The molecule has 6 heteroatoms. The van der Waals surface area contributed by atoms with Gasteiger partial charge in [0.1, 0.15) is 17.5 Å². The third kappa shape index (κ3) is 7.31. The van der Waals surface area contributed by atoms with Crippen molar-refractivity contribution < 1.29 is 13.6 Å². The van der Waals surface area contributed by atoms with E-state index < -0.39 is 11.6 Å². The number of halogens is 2. The number of amidine groups is 1. The third-order valence-electron chi connectivity index (χ3n) is 5.83. The van der Waals surface area contributed by atoms with Crippen molar-refractivity contribution in [3.8, 4) is 11.8 Å². The number of nitrogens with two attached hydrogens (primary N) is 1. The number of carbonyl (C=O) groups excluding carboxylic acids is 1. The Bertz CT molecular complexity index is 1420. The predicted molar refractivity (Wildman–Crippen MR) is 147 cm³/mol. The molecule has 0 amide bonds. The van der Waals surface area contributed by atoms with Crippen molar-refractivity contribution in [3.63, 3.8) is 0 Å². The summed E-state index contributed by atoms with van der Waals surface area (Å²) in [6, 6.07) is 10.5. The predicted octanol–water partition coefficient (Wildman–Crippen LogP) is 6.70. The molecule has 1 aliphatic rings. The van der Waals surface area contributed by atoms with Crippen LogP contribution in [-0.2, 0) is 11.2 Å². The summed E-state index contributed by atoms with van der Waals surface area (Å²) in [7, 11) is 0. The maximum absolute atomic E-state index is 14.0. The van der Waals surface area contributed by atoms with Crippen molar-refractivity contribution in [3.05, 3.63) is 112 Å². The molecule has 0 aromatic heterocycles. The molecule has 0 aliphatic heterocycles. The molecule has 2 aromatic rings. The molecule has 1 aliphatic carbocycles. The van der Waals surface area contributed by atoms with Crippen molar-refractivity contribution in [1.29, 1.82) is 0 Å². The van der Waals surface area contributed by atoms with E-state index in [0.717, 1.165) is 47.4 Å². The second kappa shape index (κ2) is 13.1. The molecule has 4 nitrogen and oxygen atoms in total. The first-order valence-corrected chi connectivity index (χ1v) is 11.9. The van der Waals surface area contributed by atoms with Crippen LogP contribution in [0.3, 0.4) is 0 Å². The van der Waals surface area contributed by atoms with Crippen LogP contribution in [0.2, 0.25) is 0 Å². The maximum Gasteiger partial charge on any atom is 0.185 e. The lowest BCUT2D eigenvalue weighted by Crippen LogP contribution is -2.14. The average molecular weight is 498 g/mol. The average Bonchev–Trinajstić information content (AvgIpc) is 3.07. The van der Waals surface area contributed by atoms with E-state index >= 15 is 0 Å². The van der Waals surface area contributed by atoms with Crippen molar-refractivity contribution >= 4 is 23.5 Å². The van der Waals surface area contributed by atoms with Gasteiger partial charge in [-0.25, -0.2) is 13.8 Å². The fourth-order valence-electron chi connectivity index (χ4n) is 3.97. The van der Waals surface area contributed by atoms with Crippen LogP contribution in [0.1, 0.15) is 44.2 Å². The van der Waals surface area contributed by atoms with Crippen molar-refractivity contribution in [2.75, 3.05) is 0 Å². The highest BCUT2D eigenvalue weighted by molar-refractivity contribution is 6.06. The van der Waals surface area contributed by atoms with E-state index in [4.69, 9.17) is 5.73 Å². The summed E-state index contributed by atoms with van der Waals surface area (Å²) in [5.41, 5.74) is 10.9. The molecule has 0 bridgehead atoms. The van der Waals surface area contributed by atoms with Crippen molar-refractivity contribution in [2.45, 2.75) is 39.5 Å². The second-order valence-electron chi connectivity index (χ2n) is 8.36. The van der Waals surface area contributed by atoms with E-state index in [1.807, 2.05) is 44.2 Å². The first-order valence-electron chi connectivity index (χ1n) is 11.9. The van der Waals surface area contributed by atoms with E-state index in [0.29, 0.717) is 24.1 Å². The van der Waals surface area contributed by atoms with Crippen molar-refractivity contribution in [1.82, 2.24) is 0 Å². The Morgan fingerprint density at radius 1 is 1.19 bits per heavy atom. The number of hydrogen-bond donors (Lipinski definition) is 1. The minimum atomic E-state index is -0.765. The molecular weight excluding hydrogens is 468 g/mol. The smallest absolute Gasteiger partial charge is 0.185 e. The fourth-order valence-corrected chi connectivity index (χ4v) is 3.97. The van der Waals surface area contributed by atoms with Gasteiger partial charge in [-0.1, -0.05) is 42.7 Å². The summed E-state index contributed by atoms with van der Waals surface area (Å²) in [6.07, 6.45) is 9.44. The first-order chi connectivity index (χ1) is 17.8. The molecule has 2 N–H and O–H groups in total. The molecule has 0 atom stereocenters. The van der Waals surface area contributed by atoms with Gasteiger partial charge in [-0.05, 0) is 73.7 Å². The number of ketones is 1. The largest absolute Gasteiger partial charge is 0.383 e. The zero-order valence-electron chi connectivity index (χ0n) is 21.0. The quantitative estimate of drug-likeness (QED) is 0.200. The van der Waals surface area contributed by atoms with Crippen LogP contribution in [0, 0.1) is 23.5 Å². The van der Waals surface area contributed by atoms with Crippen LogP contribution in [0.25, 0.3) is 0 Å². The van der Waals surface area contributed by atoms with Gasteiger partial charge in [0.25, 0.3) is 0 Å². The summed E-state index contributed by atoms with van der Waals surface area (Å²) >= 11 is 0. The summed E-state index contributed by atoms with van der Waals surface area (Å²) in [6.45, 7) is 7.40. The van der Waals surface area contributed by atoms with Gasteiger partial charge in [-0.15, -0.1) is 0 Å². The molecule has 2 aromatic carbocycles. The molecule has 0 saturated heterocycles. The number of aliphatic imine (C=N–C) groups is 2. The van der Waals surface area contributed by atoms with E-state index in [2.05, 4.69) is 28.4 Å². The highest BCUT2D eigenvalue weighted by Gasteiger charge is 2.16. The van der Waals surface area contributed by atoms with Gasteiger partial charge in [0.2, 0.25) is 0 Å². The van der Waals surface area contributed by atoms with Crippen LogP contribution in [0.5, 0.6) is 0 Å². The number of carbonyl (C=O) groups is 1. The number of hydrogen-bond acceptors (Lipinski definition) is 3.